The van der Waals surface area contributed by atoms with Crippen molar-refractivity contribution < 1.29 is 17.9 Å². The van der Waals surface area contributed by atoms with Gasteiger partial charge in [0.25, 0.3) is 0 Å². The van der Waals surface area contributed by atoms with Crippen molar-refractivity contribution in [1.29, 1.82) is 0 Å². The molecule has 0 saturated carbocycles. The minimum absolute atomic E-state index is 0.00958. The molecule has 1 aliphatic heterocycles. The molecule has 0 saturated heterocycles. The Kier molecular flexibility index (Phi) is 4.15. The van der Waals surface area contributed by atoms with Crippen LogP contribution >= 0.6 is 0 Å². The molecule has 7 heteroatoms. The van der Waals surface area contributed by atoms with E-state index in [0.29, 0.717) is 30.9 Å². The van der Waals surface area contributed by atoms with Gasteiger partial charge in [0.15, 0.2) is 0 Å². The van der Waals surface area contributed by atoms with Gasteiger partial charge in [-0.05, 0) is 13.8 Å². The summed E-state index contributed by atoms with van der Waals surface area (Å²) in [5.41, 5.74) is 1.18. The summed E-state index contributed by atoms with van der Waals surface area (Å²) in [6.45, 7) is 5.25. The van der Waals surface area contributed by atoms with E-state index in [1.165, 1.54) is 4.57 Å². The van der Waals surface area contributed by atoms with Gasteiger partial charge in [0.05, 0.1) is 18.4 Å². The molecule has 0 amide bonds. The second-order valence-electron chi connectivity index (χ2n) is 4.82. The number of aromatic nitrogens is 2. The van der Waals surface area contributed by atoms with E-state index in [4.69, 9.17) is 4.74 Å². The Balaban J connectivity index is 2.25. The fourth-order valence-electron chi connectivity index (χ4n) is 2.21. The first kappa shape index (κ1) is 14.3. The number of fused-ring (bicyclic) bond motifs is 1. The molecule has 0 fully saturated rings. The van der Waals surface area contributed by atoms with Crippen LogP contribution in [0.4, 0.5) is 13.2 Å². The zero-order valence-corrected chi connectivity index (χ0v) is 11.0. The average molecular weight is 277 g/mol. The van der Waals surface area contributed by atoms with E-state index in [9.17, 15) is 13.2 Å². The Bertz CT molecular complexity index is 440. The van der Waals surface area contributed by atoms with Crippen molar-refractivity contribution >= 4 is 0 Å². The Hall–Kier alpha value is -1.08. The molecule has 1 aromatic heterocycles. The van der Waals surface area contributed by atoms with E-state index < -0.39 is 12.0 Å². The molecule has 1 aliphatic rings. The number of nitrogens with one attached hydrogen (secondary N) is 1. The van der Waals surface area contributed by atoms with Gasteiger partial charge in [0, 0.05) is 31.7 Å². The molecular weight excluding hydrogens is 259 g/mol. The highest BCUT2D eigenvalue weighted by Gasteiger charge is 2.39. The van der Waals surface area contributed by atoms with Crippen LogP contribution in [0.3, 0.4) is 0 Å². The minimum Gasteiger partial charge on any atom is -0.377 e. The Labute approximate surface area is 110 Å². The van der Waals surface area contributed by atoms with Gasteiger partial charge in [0.1, 0.15) is 0 Å². The summed E-state index contributed by atoms with van der Waals surface area (Å²) < 4.78 is 45.5. The summed E-state index contributed by atoms with van der Waals surface area (Å²) in [4.78, 5) is 3.74. The van der Waals surface area contributed by atoms with E-state index in [1.54, 1.807) is 0 Å². The molecule has 4 nitrogen and oxygen atoms in total. The molecule has 2 heterocycles. The van der Waals surface area contributed by atoms with Gasteiger partial charge < -0.3 is 14.6 Å². The number of hydrogen-bond donors (Lipinski definition) is 1. The van der Waals surface area contributed by atoms with Gasteiger partial charge in [0.2, 0.25) is 5.82 Å². The van der Waals surface area contributed by atoms with E-state index in [-0.39, 0.29) is 19.3 Å². The maximum atomic E-state index is 13.0. The van der Waals surface area contributed by atoms with Gasteiger partial charge in [-0.15, -0.1) is 0 Å². The number of alkyl halides is 3. The molecule has 0 aromatic carbocycles. The smallest absolute Gasteiger partial charge is 0.377 e. The molecule has 1 aromatic rings. The van der Waals surface area contributed by atoms with E-state index >= 15 is 0 Å². The molecular formula is C12H18F3N3O. The van der Waals surface area contributed by atoms with Crippen LogP contribution in [-0.2, 0) is 30.4 Å². The summed E-state index contributed by atoms with van der Waals surface area (Å²) >= 11 is 0. The lowest BCUT2D eigenvalue weighted by Gasteiger charge is -2.17. The number of hydrogen-bond acceptors (Lipinski definition) is 3. The highest BCUT2D eigenvalue weighted by molar-refractivity contribution is 5.21. The lowest BCUT2D eigenvalue weighted by atomic mass is 10.2. The summed E-state index contributed by atoms with van der Waals surface area (Å²) in [7, 11) is 0. The first-order valence-corrected chi connectivity index (χ1v) is 6.37. The van der Waals surface area contributed by atoms with Gasteiger partial charge in [-0.1, -0.05) is 0 Å². The summed E-state index contributed by atoms with van der Waals surface area (Å²) in [5, 5.41) is 3.03. The standard InChI is InChI=1S/C12H18F3N3O/c1-8(2)19-6-5-18-10-3-4-16-7-9(10)17-11(18)12(13,14)15/h8,16H,3-7H2,1-2H3. The van der Waals surface area contributed by atoms with Crippen molar-refractivity contribution in [3.05, 3.63) is 17.2 Å². The molecule has 0 unspecified atom stereocenters. The third kappa shape index (κ3) is 3.27. The zero-order valence-electron chi connectivity index (χ0n) is 11.0. The molecule has 0 radical (unpaired) electrons. The molecule has 0 spiro atoms. The third-order valence-electron chi connectivity index (χ3n) is 3.01. The molecule has 108 valence electrons. The van der Waals surface area contributed by atoms with E-state index in [1.807, 2.05) is 13.8 Å². The van der Waals surface area contributed by atoms with Crippen molar-refractivity contribution in [2.24, 2.45) is 0 Å². The van der Waals surface area contributed by atoms with Crippen LogP contribution in [0.2, 0.25) is 0 Å². The molecule has 19 heavy (non-hydrogen) atoms. The van der Waals surface area contributed by atoms with Crippen LogP contribution in [0.15, 0.2) is 0 Å². The minimum atomic E-state index is -4.42. The maximum Gasteiger partial charge on any atom is 0.449 e. The van der Waals surface area contributed by atoms with Gasteiger partial charge >= 0.3 is 6.18 Å². The van der Waals surface area contributed by atoms with Crippen molar-refractivity contribution in [3.8, 4) is 0 Å². The predicted molar refractivity (Wildman–Crippen MR) is 63.7 cm³/mol. The van der Waals surface area contributed by atoms with Gasteiger partial charge in [-0.2, -0.15) is 13.2 Å². The van der Waals surface area contributed by atoms with Gasteiger partial charge in [-0.3, -0.25) is 0 Å². The Morgan fingerprint density at radius 1 is 1.42 bits per heavy atom. The number of halogens is 3. The second kappa shape index (κ2) is 5.50. The first-order chi connectivity index (χ1) is 8.89. The SMILES string of the molecule is CC(C)OCCn1c(C(F)(F)F)nc2c1CCNC2. The van der Waals surface area contributed by atoms with Crippen molar-refractivity contribution in [2.45, 2.75) is 45.6 Å². The third-order valence-corrected chi connectivity index (χ3v) is 3.01. The number of nitrogens with zero attached hydrogens (tertiary/aromatic N) is 2. The monoisotopic (exact) mass is 277 g/mol. The Morgan fingerprint density at radius 2 is 2.16 bits per heavy atom. The average Bonchev–Trinajstić information content (AvgIpc) is 2.68. The van der Waals surface area contributed by atoms with Crippen LogP contribution < -0.4 is 5.32 Å². The normalized spacial score (nSPS) is 15.9. The topological polar surface area (TPSA) is 39.1 Å². The lowest BCUT2D eigenvalue weighted by Crippen LogP contribution is -2.26. The summed E-state index contributed by atoms with van der Waals surface area (Å²) in [6, 6.07) is 0. The number of ether oxygens (including phenoxy) is 1. The number of imidazole rings is 1. The summed E-state index contributed by atoms with van der Waals surface area (Å²) in [5.74, 6) is -0.812. The van der Waals surface area contributed by atoms with Crippen LogP contribution in [0.1, 0.15) is 31.1 Å². The highest BCUT2D eigenvalue weighted by atomic mass is 19.4. The molecule has 0 bridgehead atoms. The maximum absolute atomic E-state index is 13.0. The van der Waals surface area contributed by atoms with Crippen LogP contribution in [-0.4, -0.2) is 28.8 Å². The summed E-state index contributed by atoms with van der Waals surface area (Å²) in [6.07, 6.45) is -3.84. The van der Waals surface area contributed by atoms with Crippen molar-refractivity contribution in [2.75, 3.05) is 13.2 Å². The molecule has 0 aliphatic carbocycles. The molecule has 2 rings (SSSR count). The Morgan fingerprint density at radius 3 is 2.79 bits per heavy atom. The van der Waals surface area contributed by atoms with Crippen molar-refractivity contribution in [3.63, 3.8) is 0 Å². The van der Waals surface area contributed by atoms with Gasteiger partial charge in [-0.25, -0.2) is 4.98 Å². The van der Waals surface area contributed by atoms with E-state index in [2.05, 4.69) is 10.3 Å². The fourth-order valence-corrected chi connectivity index (χ4v) is 2.21. The van der Waals surface area contributed by atoms with Crippen LogP contribution in [0, 0.1) is 0 Å². The quantitative estimate of drug-likeness (QED) is 0.914. The number of rotatable bonds is 4. The fraction of sp³-hybridized carbons (Fsp3) is 0.750. The molecule has 0 atom stereocenters. The highest BCUT2D eigenvalue weighted by Crippen LogP contribution is 2.31. The van der Waals surface area contributed by atoms with E-state index in [0.717, 1.165) is 0 Å². The van der Waals surface area contributed by atoms with Crippen molar-refractivity contribution in [1.82, 2.24) is 14.9 Å². The lowest BCUT2D eigenvalue weighted by molar-refractivity contribution is -0.147. The zero-order chi connectivity index (χ0) is 14.0. The molecule has 1 N–H and O–H groups in total. The van der Waals surface area contributed by atoms with Crippen LogP contribution in [0.5, 0.6) is 0 Å². The largest absolute Gasteiger partial charge is 0.449 e. The second-order valence-corrected chi connectivity index (χ2v) is 4.82. The predicted octanol–water partition coefficient (Wildman–Crippen LogP) is 1.97. The van der Waals surface area contributed by atoms with Crippen LogP contribution in [0.25, 0.3) is 0 Å². The first-order valence-electron chi connectivity index (χ1n) is 6.37.